The molecule has 0 fully saturated rings. The molecule has 1 aromatic heterocycles. The first-order valence-electron chi connectivity index (χ1n) is 9.16. The Kier molecular flexibility index (Phi) is 5.71. The Morgan fingerprint density at radius 2 is 1.83 bits per heavy atom. The third kappa shape index (κ3) is 4.45. The van der Waals surface area contributed by atoms with Crippen molar-refractivity contribution in [3.8, 4) is 22.8 Å². The first kappa shape index (κ1) is 20.3. The van der Waals surface area contributed by atoms with E-state index in [0.717, 1.165) is 5.56 Å². The summed E-state index contributed by atoms with van der Waals surface area (Å²) in [5, 5.41) is 4.83. The lowest BCUT2D eigenvalue weighted by atomic mass is 10.1. The quantitative estimate of drug-likeness (QED) is 0.604. The molecule has 0 radical (unpaired) electrons. The number of aromatic nitrogens is 1. The van der Waals surface area contributed by atoms with E-state index in [-0.39, 0.29) is 4.90 Å². The minimum Gasteiger partial charge on any atom is -0.486 e. The van der Waals surface area contributed by atoms with Crippen LogP contribution in [0.1, 0.15) is 6.92 Å². The van der Waals surface area contributed by atoms with Crippen LogP contribution in [0.25, 0.3) is 11.3 Å². The Hall–Kier alpha value is -2.95. The van der Waals surface area contributed by atoms with Crippen LogP contribution < -0.4 is 19.5 Å². The largest absolute Gasteiger partial charge is 0.486 e. The van der Waals surface area contributed by atoms with E-state index in [1.165, 1.54) is 30.4 Å². The van der Waals surface area contributed by atoms with Crippen molar-refractivity contribution in [3.63, 3.8) is 0 Å². The fourth-order valence-electron chi connectivity index (χ4n) is 2.83. The highest BCUT2D eigenvalue weighted by molar-refractivity contribution is 7.89. The van der Waals surface area contributed by atoms with Gasteiger partial charge < -0.3 is 14.8 Å². The molecule has 0 saturated heterocycles. The molecule has 4 rings (SSSR count). The van der Waals surface area contributed by atoms with Gasteiger partial charge in [-0.1, -0.05) is 18.2 Å². The summed E-state index contributed by atoms with van der Waals surface area (Å²) < 4.78 is 38.2. The van der Waals surface area contributed by atoms with Crippen molar-refractivity contribution in [2.45, 2.75) is 17.9 Å². The van der Waals surface area contributed by atoms with Crippen LogP contribution in [0, 0.1) is 0 Å². The Bertz CT molecular complexity index is 1160. The molecular weight excluding hydrogens is 426 g/mol. The van der Waals surface area contributed by atoms with E-state index in [1.54, 1.807) is 23.6 Å². The third-order valence-corrected chi connectivity index (χ3v) is 6.67. The normalized spacial score (nSPS) is 14.2. The molecule has 0 saturated carbocycles. The van der Waals surface area contributed by atoms with Gasteiger partial charge in [0.15, 0.2) is 16.6 Å². The Morgan fingerprint density at radius 1 is 1.10 bits per heavy atom. The second kappa shape index (κ2) is 8.42. The number of benzene rings is 2. The Morgan fingerprint density at radius 3 is 2.60 bits per heavy atom. The maximum absolute atomic E-state index is 12.5. The number of amides is 1. The molecule has 156 valence electrons. The van der Waals surface area contributed by atoms with E-state index in [2.05, 4.69) is 15.0 Å². The Balaban J connectivity index is 1.43. The summed E-state index contributed by atoms with van der Waals surface area (Å²) in [7, 11) is -3.80. The molecular formula is C20H19N3O5S2. The average molecular weight is 446 g/mol. The number of hydrogen-bond acceptors (Lipinski definition) is 7. The minimum atomic E-state index is -3.80. The van der Waals surface area contributed by atoms with Crippen LogP contribution in [0.5, 0.6) is 11.5 Å². The van der Waals surface area contributed by atoms with E-state index in [1.807, 2.05) is 18.2 Å². The minimum absolute atomic E-state index is 0.0970. The molecule has 1 atom stereocenters. The number of hydrogen-bond donors (Lipinski definition) is 2. The van der Waals surface area contributed by atoms with Crippen molar-refractivity contribution in [2.24, 2.45) is 0 Å². The van der Waals surface area contributed by atoms with Gasteiger partial charge in [-0.25, -0.2) is 13.4 Å². The highest BCUT2D eigenvalue weighted by Gasteiger charge is 2.23. The third-order valence-electron chi connectivity index (χ3n) is 4.35. The lowest BCUT2D eigenvalue weighted by Gasteiger charge is -2.18. The van der Waals surface area contributed by atoms with E-state index < -0.39 is 22.0 Å². The van der Waals surface area contributed by atoms with Crippen LogP contribution in [0.2, 0.25) is 0 Å². The number of nitrogens with zero attached hydrogens (tertiary/aromatic N) is 1. The summed E-state index contributed by atoms with van der Waals surface area (Å²) in [5.41, 5.74) is 1.50. The van der Waals surface area contributed by atoms with Crippen LogP contribution in [-0.2, 0) is 14.8 Å². The molecule has 8 nitrogen and oxygen atoms in total. The standard InChI is InChI=1S/C20H19N3O5S2/c1-13(23-30(25,26)15-5-3-2-4-6-15)19(24)22-20-21-16(12-29-20)14-7-8-17-18(11-14)28-10-9-27-17/h2-8,11-13,23H,9-10H2,1H3,(H,21,22,24). The molecule has 30 heavy (non-hydrogen) atoms. The number of rotatable bonds is 6. The number of sulfonamides is 1. The van der Waals surface area contributed by atoms with Crippen molar-refractivity contribution in [1.29, 1.82) is 0 Å². The Labute approximate surface area is 177 Å². The monoisotopic (exact) mass is 445 g/mol. The van der Waals surface area contributed by atoms with Crippen LogP contribution in [-0.4, -0.2) is 38.6 Å². The fourth-order valence-corrected chi connectivity index (χ4v) is 4.78. The van der Waals surface area contributed by atoms with Crippen LogP contribution in [0.15, 0.2) is 58.8 Å². The summed E-state index contributed by atoms with van der Waals surface area (Å²) in [6, 6.07) is 12.4. The highest BCUT2D eigenvalue weighted by Crippen LogP contribution is 2.35. The molecule has 1 unspecified atom stereocenters. The number of nitrogens with one attached hydrogen (secondary N) is 2. The predicted octanol–water partition coefficient (Wildman–Crippen LogP) is 2.89. The van der Waals surface area contributed by atoms with E-state index in [0.29, 0.717) is 35.5 Å². The van der Waals surface area contributed by atoms with Gasteiger partial charge in [-0.2, -0.15) is 4.72 Å². The lowest BCUT2D eigenvalue weighted by molar-refractivity contribution is -0.117. The van der Waals surface area contributed by atoms with Gasteiger partial charge in [0.25, 0.3) is 0 Å². The maximum atomic E-state index is 12.5. The van der Waals surface area contributed by atoms with Gasteiger partial charge in [-0.3, -0.25) is 4.79 Å². The number of ether oxygens (including phenoxy) is 2. The van der Waals surface area contributed by atoms with Gasteiger partial charge in [0, 0.05) is 10.9 Å². The summed E-state index contributed by atoms with van der Waals surface area (Å²) >= 11 is 1.25. The molecule has 2 N–H and O–H groups in total. The molecule has 1 aliphatic heterocycles. The first-order valence-corrected chi connectivity index (χ1v) is 11.5. The lowest BCUT2D eigenvalue weighted by Crippen LogP contribution is -2.41. The van der Waals surface area contributed by atoms with Gasteiger partial charge in [0.2, 0.25) is 15.9 Å². The summed E-state index contributed by atoms with van der Waals surface area (Å²) in [5.74, 6) is 0.840. The van der Waals surface area contributed by atoms with E-state index in [4.69, 9.17) is 9.47 Å². The average Bonchev–Trinajstić information content (AvgIpc) is 3.22. The van der Waals surface area contributed by atoms with Crippen molar-refractivity contribution in [2.75, 3.05) is 18.5 Å². The van der Waals surface area contributed by atoms with E-state index in [9.17, 15) is 13.2 Å². The van der Waals surface area contributed by atoms with Crippen LogP contribution in [0.4, 0.5) is 5.13 Å². The van der Waals surface area contributed by atoms with Crippen LogP contribution in [0.3, 0.4) is 0 Å². The molecule has 10 heteroatoms. The molecule has 0 aliphatic carbocycles. The zero-order valence-electron chi connectivity index (χ0n) is 16.0. The van der Waals surface area contributed by atoms with Gasteiger partial charge in [0.1, 0.15) is 13.2 Å². The van der Waals surface area contributed by atoms with Crippen molar-refractivity contribution in [3.05, 3.63) is 53.9 Å². The second-order valence-corrected chi connectivity index (χ2v) is 9.11. The molecule has 1 amide bonds. The highest BCUT2D eigenvalue weighted by atomic mass is 32.2. The topological polar surface area (TPSA) is 107 Å². The van der Waals surface area contributed by atoms with Crippen molar-refractivity contribution in [1.82, 2.24) is 9.71 Å². The summed E-state index contributed by atoms with van der Waals surface area (Å²) in [4.78, 5) is 17.0. The maximum Gasteiger partial charge on any atom is 0.244 e. The fraction of sp³-hybridized carbons (Fsp3) is 0.200. The molecule has 2 heterocycles. The van der Waals surface area contributed by atoms with Gasteiger partial charge in [-0.15, -0.1) is 11.3 Å². The number of carbonyl (C=O) groups is 1. The number of fused-ring (bicyclic) bond motifs is 1. The van der Waals surface area contributed by atoms with E-state index >= 15 is 0 Å². The smallest absolute Gasteiger partial charge is 0.244 e. The van der Waals surface area contributed by atoms with Gasteiger partial charge in [-0.05, 0) is 37.3 Å². The second-order valence-electron chi connectivity index (χ2n) is 6.54. The van der Waals surface area contributed by atoms with Crippen LogP contribution >= 0.6 is 11.3 Å². The number of thiazole rings is 1. The molecule has 2 aromatic carbocycles. The molecule has 3 aromatic rings. The van der Waals surface area contributed by atoms with Gasteiger partial charge >= 0.3 is 0 Å². The predicted molar refractivity (Wildman–Crippen MR) is 113 cm³/mol. The zero-order chi connectivity index (χ0) is 21.1. The molecule has 0 spiro atoms. The number of carbonyl (C=O) groups excluding carboxylic acids is 1. The summed E-state index contributed by atoms with van der Waals surface area (Å²) in [6.45, 7) is 2.49. The van der Waals surface area contributed by atoms with Crippen molar-refractivity contribution >= 4 is 32.4 Å². The van der Waals surface area contributed by atoms with Gasteiger partial charge in [0.05, 0.1) is 16.6 Å². The molecule has 0 bridgehead atoms. The summed E-state index contributed by atoms with van der Waals surface area (Å²) in [6.07, 6.45) is 0. The molecule has 1 aliphatic rings. The zero-order valence-corrected chi connectivity index (χ0v) is 17.6. The SMILES string of the molecule is CC(NS(=O)(=O)c1ccccc1)C(=O)Nc1nc(-c2ccc3c(c2)OCCO3)cs1. The first-order chi connectivity index (χ1) is 14.4. The van der Waals surface area contributed by atoms with Crippen molar-refractivity contribution < 1.29 is 22.7 Å². The number of anilines is 1.